The van der Waals surface area contributed by atoms with Crippen molar-refractivity contribution < 1.29 is 9.47 Å². The smallest absolute Gasteiger partial charge is 0.283 e. The van der Waals surface area contributed by atoms with Gasteiger partial charge in [0.15, 0.2) is 0 Å². The van der Waals surface area contributed by atoms with Crippen molar-refractivity contribution in [1.29, 1.82) is 0 Å². The predicted octanol–water partition coefficient (Wildman–Crippen LogP) is 1.49. The number of ether oxygens (including phenoxy) is 2. The molecular formula is C13H20BrN3O3. The Balaban J connectivity index is 1.91. The van der Waals surface area contributed by atoms with Crippen LogP contribution in [0.1, 0.15) is 12.8 Å². The molecule has 7 heteroatoms. The van der Waals surface area contributed by atoms with E-state index in [4.69, 9.17) is 9.47 Å². The molecule has 1 saturated heterocycles. The fraction of sp³-hybridized carbons (Fsp3) is 0.692. The number of nitrogens with one attached hydrogen (secondary N) is 1. The fourth-order valence-corrected chi connectivity index (χ4v) is 2.59. The van der Waals surface area contributed by atoms with E-state index in [1.807, 2.05) is 0 Å². The number of methoxy groups -OCH3 is 1. The average Bonchev–Trinajstić information content (AvgIpc) is 2.96. The van der Waals surface area contributed by atoms with Crippen molar-refractivity contribution in [3.05, 3.63) is 21.0 Å². The largest absolute Gasteiger partial charge is 0.383 e. The van der Waals surface area contributed by atoms with Gasteiger partial charge in [0.05, 0.1) is 25.0 Å². The summed E-state index contributed by atoms with van der Waals surface area (Å²) in [5.41, 5.74) is 0.596. The summed E-state index contributed by atoms with van der Waals surface area (Å²) in [7, 11) is 1.60. The molecule has 1 aliphatic heterocycles. The summed E-state index contributed by atoms with van der Waals surface area (Å²) >= 11 is 3.34. The predicted molar refractivity (Wildman–Crippen MR) is 80.1 cm³/mol. The minimum Gasteiger partial charge on any atom is -0.383 e. The highest BCUT2D eigenvalue weighted by Crippen LogP contribution is 2.19. The van der Waals surface area contributed by atoms with Crippen LogP contribution in [0.4, 0.5) is 5.69 Å². The number of rotatable bonds is 7. The molecule has 2 heterocycles. The molecule has 1 atom stereocenters. The van der Waals surface area contributed by atoms with Gasteiger partial charge >= 0.3 is 0 Å². The lowest BCUT2D eigenvalue weighted by Gasteiger charge is -2.12. The van der Waals surface area contributed by atoms with E-state index in [2.05, 4.69) is 26.3 Å². The van der Waals surface area contributed by atoms with Crippen LogP contribution in [-0.4, -0.2) is 43.3 Å². The van der Waals surface area contributed by atoms with Crippen molar-refractivity contribution in [3.8, 4) is 0 Å². The number of nitrogens with zero attached hydrogens (tertiary/aromatic N) is 2. The summed E-state index contributed by atoms with van der Waals surface area (Å²) in [5.74, 6) is 0.622. The molecule has 0 bridgehead atoms. The normalized spacial score (nSPS) is 18.4. The zero-order valence-corrected chi connectivity index (χ0v) is 13.2. The van der Waals surface area contributed by atoms with Gasteiger partial charge in [-0.1, -0.05) is 0 Å². The van der Waals surface area contributed by atoms with Crippen molar-refractivity contribution in [2.24, 2.45) is 5.92 Å². The molecule has 112 valence electrons. The zero-order valence-electron chi connectivity index (χ0n) is 11.6. The second-order valence-electron chi connectivity index (χ2n) is 4.84. The Morgan fingerprint density at radius 1 is 1.65 bits per heavy atom. The maximum absolute atomic E-state index is 12.1. The monoisotopic (exact) mass is 345 g/mol. The van der Waals surface area contributed by atoms with Crippen LogP contribution in [0.15, 0.2) is 15.5 Å². The minimum absolute atomic E-state index is 0.142. The molecule has 0 spiro atoms. The highest BCUT2D eigenvalue weighted by molar-refractivity contribution is 9.10. The van der Waals surface area contributed by atoms with Gasteiger partial charge in [-0.2, -0.15) is 5.10 Å². The minimum atomic E-state index is -0.142. The molecule has 1 fully saturated rings. The van der Waals surface area contributed by atoms with E-state index in [1.165, 1.54) is 4.68 Å². The molecular weight excluding hydrogens is 326 g/mol. The molecule has 1 unspecified atom stereocenters. The Hall–Kier alpha value is -0.920. The third-order valence-electron chi connectivity index (χ3n) is 3.38. The average molecular weight is 346 g/mol. The van der Waals surface area contributed by atoms with Crippen LogP contribution < -0.4 is 10.9 Å². The molecule has 1 aromatic rings. The fourth-order valence-electron chi connectivity index (χ4n) is 2.15. The Bertz CT molecular complexity index is 486. The summed E-state index contributed by atoms with van der Waals surface area (Å²) in [6.07, 6.45) is 3.84. The number of halogens is 1. The molecule has 0 aliphatic carbocycles. The second-order valence-corrected chi connectivity index (χ2v) is 5.63. The summed E-state index contributed by atoms with van der Waals surface area (Å²) in [5, 5.41) is 7.39. The summed E-state index contributed by atoms with van der Waals surface area (Å²) < 4.78 is 12.2. The maximum atomic E-state index is 12.1. The Labute approximate surface area is 126 Å². The van der Waals surface area contributed by atoms with Crippen LogP contribution in [0.3, 0.4) is 0 Å². The van der Waals surface area contributed by atoms with E-state index in [0.717, 1.165) is 38.3 Å². The summed E-state index contributed by atoms with van der Waals surface area (Å²) in [6.45, 7) is 3.45. The van der Waals surface area contributed by atoms with Crippen molar-refractivity contribution in [1.82, 2.24) is 9.78 Å². The first-order chi connectivity index (χ1) is 9.72. The first-order valence-corrected chi connectivity index (χ1v) is 7.58. The van der Waals surface area contributed by atoms with Crippen LogP contribution in [0.2, 0.25) is 0 Å². The topological polar surface area (TPSA) is 65.4 Å². The van der Waals surface area contributed by atoms with Crippen LogP contribution in [0.5, 0.6) is 0 Å². The molecule has 20 heavy (non-hydrogen) atoms. The van der Waals surface area contributed by atoms with E-state index >= 15 is 0 Å². The molecule has 0 amide bonds. The van der Waals surface area contributed by atoms with Crippen LogP contribution >= 0.6 is 15.9 Å². The van der Waals surface area contributed by atoms with Crippen molar-refractivity contribution in [2.75, 3.05) is 38.8 Å². The van der Waals surface area contributed by atoms with Gasteiger partial charge in [0.25, 0.3) is 5.56 Å². The molecule has 1 aromatic heterocycles. The van der Waals surface area contributed by atoms with Crippen LogP contribution in [0, 0.1) is 5.92 Å². The lowest BCUT2D eigenvalue weighted by molar-refractivity contribution is 0.181. The molecule has 0 radical (unpaired) electrons. The Kier molecular flexibility index (Phi) is 6.00. The van der Waals surface area contributed by atoms with E-state index < -0.39 is 0 Å². The molecule has 6 nitrogen and oxygen atoms in total. The third-order valence-corrected chi connectivity index (χ3v) is 4.15. The number of hydrogen-bond donors (Lipinski definition) is 1. The van der Waals surface area contributed by atoms with Gasteiger partial charge in [0.1, 0.15) is 4.47 Å². The van der Waals surface area contributed by atoms with E-state index in [9.17, 15) is 4.79 Å². The Morgan fingerprint density at radius 3 is 3.20 bits per heavy atom. The lowest BCUT2D eigenvalue weighted by atomic mass is 10.1. The van der Waals surface area contributed by atoms with Gasteiger partial charge in [-0.15, -0.1) is 0 Å². The first-order valence-electron chi connectivity index (χ1n) is 6.78. The van der Waals surface area contributed by atoms with Crippen LogP contribution in [0.25, 0.3) is 0 Å². The van der Waals surface area contributed by atoms with Gasteiger partial charge in [0.2, 0.25) is 0 Å². The number of aromatic nitrogens is 2. The summed E-state index contributed by atoms with van der Waals surface area (Å²) in [4.78, 5) is 12.1. The molecule has 0 aromatic carbocycles. The van der Waals surface area contributed by atoms with E-state index in [0.29, 0.717) is 23.5 Å². The van der Waals surface area contributed by atoms with E-state index in [1.54, 1.807) is 13.3 Å². The zero-order chi connectivity index (χ0) is 14.4. The molecule has 1 aliphatic rings. The van der Waals surface area contributed by atoms with E-state index in [-0.39, 0.29) is 5.56 Å². The third kappa shape index (κ3) is 4.04. The quantitative estimate of drug-likeness (QED) is 0.810. The molecule has 2 rings (SSSR count). The van der Waals surface area contributed by atoms with Gasteiger partial charge in [-0.05, 0) is 34.7 Å². The SMILES string of the molecule is COCCn1ncc(NCCC2CCOC2)c(Br)c1=O. The van der Waals surface area contributed by atoms with Crippen molar-refractivity contribution in [3.63, 3.8) is 0 Å². The number of anilines is 1. The van der Waals surface area contributed by atoms with Gasteiger partial charge in [-0.25, -0.2) is 4.68 Å². The molecule has 0 saturated carbocycles. The van der Waals surface area contributed by atoms with Gasteiger partial charge in [-0.3, -0.25) is 4.79 Å². The highest BCUT2D eigenvalue weighted by Gasteiger charge is 2.15. The van der Waals surface area contributed by atoms with Gasteiger partial charge < -0.3 is 14.8 Å². The summed E-state index contributed by atoms with van der Waals surface area (Å²) in [6, 6.07) is 0. The van der Waals surface area contributed by atoms with Crippen LogP contribution in [-0.2, 0) is 16.0 Å². The van der Waals surface area contributed by atoms with Gasteiger partial charge in [0, 0.05) is 26.9 Å². The lowest BCUT2D eigenvalue weighted by Crippen LogP contribution is -2.26. The standard InChI is InChI=1S/C13H20BrN3O3/c1-19-7-5-17-13(18)12(14)11(8-16-17)15-4-2-10-3-6-20-9-10/h8,10,15H,2-7,9H2,1H3. The second kappa shape index (κ2) is 7.75. The highest BCUT2D eigenvalue weighted by atomic mass is 79.9. The molecule has 1 N–H and O–H groups in total. The van der Waals surface area contributed by atoms with Crippen molar-refractivity contribution >= 4 is 21.6 Å². The Morgan fingerprint density at radius 2 is 2.50 bits per heavy atom. The van der Waals surface area contributed by atoms with Crippen molar-refractivity contribution in [2.45, 2.75) is 19.4 Å². The maximum Gasteiger partial charge on any atom is 0.283 e. The number of hydrogen-bond acceptors (Lipinski definition) is 5. The first kappa shape index (κ1) is 15.5.